The van der Waals surface area contributed by atoms with E-state index in [0.29, 0.717) is 12.1 Å². The number of nitrogens with zero attached hydrogens (tertiary/aromatic N) is 1. The molecule has 0 fully saturated rings. The number of hydrogen-bond donors (Lipinski definition) is 1. The molecule has 1 aromatic carbocycles. The lowest BCUT2D eigenvalue weighted by molar-refractivity contribution is 0.0741. The standard InChI is InChI=1S/C17H24N2OS/c1-13-7-8-15(6-5-10-18)16(12-13)17(20)19(3)14(2)9-11-21-4/h7-8,12,14H,9-11,18H2,1-4H3. The number of carbonyl (C=O) groups excluding carboxylic acids is 1. The van der Waals surface area contributed by atoms with Gasteiger partial charge in [0.15, 0.2) is 0 Å². The molecule has 0 aliphatic carbocycles. The van der Waals surface area contributed by atoms with Gasteiger partial charge in [0.25, 0.3) is 5.91 Å². The summed E-state index contributed by atoms with van der Waals surface area (Å²) < 4.78 is 0. The molecule has 0 bridgehead atoms. The second kappa shape index (κ2) is 8.76. The van der Waals surface area contributed by atoms with Gasteiger partial charge in [-0.15, -0.1) is 0 Å². The molecule has 1 amide bonds. The number of aryl methyl sites for hydroxylation is 1. The lowest BCUT2D eigenvalue weighted by Gasteiger charge is -2.25. The van der Waals surface area contributed by atoms with Crippen LogP contribution < -0.4 is 5.73 Å². The molecule has 1 aromatic rings. The second-order valence-corrected chi connectivity index (χ2v) is 6.09. The topological polar surface area (TPSA) is 46.3 Å². The molecule has 0 aromatic heterocycles. The summed E-state index contributed by atoms with van der Waals surface area (Å²) in [6.45, 7) is 4.35. The molecular formula is C17H24N2OS. The molecule has 0 aliphatic rings. The molecule has 3 nitrogen and oxygen atoms in total. The van der Waals surface area contributed by atoms with Gasteiger partial charge in [0.1, 0.15) is 0 Å². The zero-order valence-corrected chi connectivity index (χ0v) is 14.1. The van der Waals surface area contributed by atoms with Crippen LogP contribution in [0.2, 0.25) is 0 Å². The lowest BCUT2D eigenvalue weighted by atomic mass is 10.0. The first-order valence-corrected chi connectivity index (χ1v) is 8.46. The smallest absolute Gasteiger partial charge is 0.255 e. The third kappa shape index (κ3) is 5.11. The van der Waals surface area contributed by atoms with Crippen molar-refractivity contribution in [1.82, 2.24) is 4.90 Å². The maximum Gasteiger partial charge on any atom is 0.255 e. The summed E-state index contributed by atoms with van der Waals surface area (Å²) in [6, 6.07) is 5.97. The van der Waals surface area contributed by atoms with Gasteiger partial charge in [-0.2, -0.15) is 11.8 Å². The monoisotopic (exact) mass is 304 g/mol. The molecule has 0 saturated carbocycles. The van der Waals surface area contributed by atoms with E-state index >= 15 is 0 Å². The van der Waals surface area contributed by atoms with Crippen LogP contribution in [0.5, 0.6) is 0 Å². The molecule has 4 heteroatoms. The van der Waals surface area contributed by atoms with E-state index in [9.17, 15) is 4.79 Å². The van der Waals surface area contributed by atoms with Crippen molar-refractivity contribution >= 4 is 17.7 Å². The average molecular weight is 304 g/mol. The first kappa shape index (κ1) is 17.6. The van der Waals surface area contributed by atoms with Gasteiger partial charge in [0.05, 0.1) is 12.1 Å². The molecule has 1 rings (SSSR count). The summed E-state index contributed by atoms with van der Waals surface area (Å²) in [5.74, 6) is 6.89. The predicted octanol–water partition coefficient (Wildman–Crippen LogP) is 2.52. The Morgan fingerprint density at radius 2 is 2.19 bits per heavy atom. The highest BCUT2D eigenvalue weighted by molar-refractivity contribution is 7.98. The van der Waals surface area contributed by atoms with Crippen LogP contribution in [0, 0.1) is 18.8 Å². The van der Waals surface area contributed by atoms with Gasteiger partial charge in [0, 0.05) is 18.7 Å². The molecule has 1 unspecified atom stereocenters. The van der Waals surface area contributed by atoms with E-state index in [1.807, 2.05) is 32.2 Å². The minimum Gasteiger partial charge on any atom is -0.339 e. The Labute approximate surface area is 132 Å². The summed E-state index contributed by atoms with van der Waals surface area (Å²) in [5, 5.41) is 0. The maximum atomic E-state index is 12.7. The SMILES string of the molecule is CSCCC(C)N(C)C(=O)c1cc(C)ccc1C#CCN. The normalized spacial score (nSPS) is 11.5. The number of carbonyl (C=O) groups is 1. The van der Waals surface area contributed by atoms with E-state index in [1.54, 1.807) is 16.7 Å². The Kier molecular flexibility index (Phi) is 7.35. The van der Waals surface area contributed by atoms with Gasteiger partial charge in [-0.1, -0.05) is 23.5 Å². The van der Waals surface area contributed by atoms with Crippen molar-refractivity contribution in [2.75, 3.05) is 25.6 Å². The van der Waals surface area contributed by atoms with Crippen molar-refractivity contribution in [3.63, 3.8) is 0 Å². The zero-order chi connectivity index (χ0) is 15.8. The number of amides is 1. The predicted molar refractivity (Wildman–Crippen MR) is 91.7 cm³/mol. The number of hydrogen-bond acceptors (Lipinski definition) is 3. The second-order valence-electron chi connectivity index (χ2n) is 5.10. The summed E-state index contributed by atoms with van der Waals surface area (Å²) in [5.41, 5.74) is 7.89. The Morgan fingerprint density at radius 1 is 1.48 bits per heavy atom. The zero-order valence-electron chi connectivity index (χ0n) is 13.3. The van der Waals surface area contributed by atoms with Crippen LogP contribution in [0.3, 0.4) is 0 Å². The molecule has 2 N–H and O–H groups in total. The van der Waals surface area contributed by atoms with Crippen molar-refractivity contribution in [1.29, 1.82) is 0 Å². The third-order valence-corrected chi connectivity index (χ3v) is 4.10. The molecule has 0 aliphatic heterocycles. The van der Waals surface area contributed by atoms with Crippen LogP contribution in [-0.2, 0) is 0 Å². The molecule has 21 heavy (non-hydrogen) atoms. The first-order chi connectivity index (χ1) is 10.0. The van der Waals surface area contributed by atoms with Crippen LogP contribution in [0.15, 0.2) is 18.2 Å². The van der Waals surface area contributed by atoms with Gasteiger partial charge in [0.2, 0.25) is 0 Å². The van der Waals surface area contributed by atoms with Gasteiger partial charge in [-0.3, -0.25) is 4.79 Å². The summed E-state index contributed by atoms with van der Waals surface area (Å²) in [4.78, 5) is 14.5. The lowest BCUT2D eigenvalue weighted by Crippen LogP contribution is -2.35. The van der Waals surface area contributed by atoms with Gasteiger partial charge in [-0.05, 0) is 44.4 Å². The molecular weight excluding hydrogens is 280 g/mol. The molecule has 0 saturated heterocycles. The van der Waals surface area contributed by atoms with E-state index in [-0.39, 0.29) is 11.9 Å². The number of nitrogens with two attached hydrogens (primary N) is 1. The quantitative estimate of drug-likeness (QED) is 0.850. The van der Waals surface area contributed by atoms with E-state index < -0.39 is 0 Å². The van der Waals surface area contributed by atoms with E-state index in [2.05, 4.69) is 25.0 Å². The minimum absolute atomic E-state index is 0.0219. The Bertz CT molecular complexity index is 545. The van der Waals surface area contributed by atoms with Gasteiger partial charge < -0.3 is 10.6 Å². The maximum absolute atomic E-state index is 12.7. The molecule has 1 atom stereocenters. The van der Waals surface area contributed by atoms with E-state index in [0.717, 1.165) is 23.3 Å². The van der Waals surface area contributed by atoms with Crippen molar-refractivity contribution in [3.05, 3.63) is 34.9 Å². The summed E-state index contributed by atoms with van der Waals surface area (Å²) in [6.07, 6.45) is 3.06. The fourth-order valence-corrected chi connectivity index (χ4v) is 2.54. The Hall–Kier alpha value is -1.44. The highest BCUT2D eigenvalue weighted by Crippen LogP contribution is 2.16. The van der Waals surface area contributed by atoms with Crippen molar-refractivity contribution in [2.24, 2.45) is 5.73 Å². The Morgan fingerprint density at radius 3 is 2.81 bits per heavy atom. The van der Waals surface area contributed by atoms with Crippen molar-refractivity contribution in [2.45, 2.75) is 26.3 Å². The summed E-state index contributed by atoms with van der Waals surface area (Å²) in [7, 11) is 1.86. The summed E-state index contributed by atoms with van der Waals surface area (Å²) >= 11 is 1.80. The van der Waals surface area contributed by atoms with Crippen LogP contribution in [-0.4, -0.2) is 42.4 Å². The minimum atomic E-state index is 0.0219. The largest absolute Gasteiger partial charge is 0.339 e. The first-order valence-electron chi connectivity index (χ1n) is 7.07. The highest BCUT2D eigenvalue weighted by Gasteiger charge is 2.19. The number of rotatable bonds is 5. The van der Waals surface area contributed by atoms with Gasteiger partial charge in [-0.25, -0.2) is 0 Å². The van der Waals surface area contributed by atoms with Crippen molar-refractivity contribution in [3.8, 4) is 11.8 Å². The third-order valence-electron chi connectivity index (χ3n) is 3.45. The van der Waals surface area contributed by atoms with Crippen LogP contribution >= 0.6 is 11.8 Å². The van der Waals surface area contributed by atoms with E-state index in [4.69, 9.17) is 5.73 Å². The van der Waals surface area contributed by atoms with Crippen LogP contribution in [0.4, 0.5) is 0 Å². The van der Waals surface area contributed by atoms with Crippen LogP contribution in [0.1, 0.15) is 34.8 Å². The molecule has 0 heterocycles. The van der Waals surface area contributed by atoms with Crippen molar-refractivity contribution < 1.29 is 4.79 Å². The molecule has 114 valence electrons. The average Bonchev–Trinajstić information content (AvgIpc) is 2.49. The van der Waals surface area contributed by atoms with Crippen LogP contribution in [0.25, 0.3) is 0 Å². The van der Waals surface area contributed by atoms with Gasteiger partial charge >= 0.3 is 0 Å². The number of benzene rings is 1. The number of thioether (sulfide) groups is 1. The molecule has 0 spiro atoms. The highest BCUT2D eigenvalue weighted by atomic mass is 32.2. The molecule has 0 radical (unpaired) electrons. The Balaban J connectivity index is 3.02. The van der Waals surface area contributed by atoms with E-state index in [1.165, 1.54) is 0 Å². The fourth-order valence-electron chi connectivity index (χ4n) is 1.96. The fraction of sp³-hybridized carbons (Fsp3) is 0.471.